The van der Waals surface area contributed by atoms with Gasteiger partial charge < -0.3 is 4.74 Å². The van der Waals surface area contributed by atoms with Crippen LogP contribution in [0.4, 0.5) is 0 Å². The van der Waals surface area contributed by atoms with Crippen molar-refractivity contribution in [2.45, 2.75) is 26.8 Å². The molecule has 1 atom stereocenters. The second-order valence-electron chi connectivity index (χ2n) is 4.99. The second kappa shape index (κ2) is 6.03. The van der Waals surface area contributed by atoms with Gasteiger partial charge in [0.25, 0.3) is 0 Å². The highest BCUT2D eigenvalue weighted by molar-refractivity contribution is 5.44. The lowest BCUT2D eigenvalue weighted by molar-refractivity contribution is 0.387. The number of hydrogen-bond donors (Lipinski definition) is 2. The van der Waals surface area contributed by atoms with Crippen LogP contribution >= 0.6 is 0 Å². The Balaban J connectivity index is 2.55. The van der Waals surface area contributed by atoms with E-state index >= 15 is 0 Å². The maximum absolute atomic E-state index is 5.78. The average Bonchev–Trinajstić information content (AvgIpc) is 2.45. The number of rotatable bonds is 4. The van der Waals surface area contributed by atoms with E-state index in [0.717, 1.165) is 11.1 Å². The van der Waals surface area contributed by atoms with Crippen LogP contribution in [-0.2, 0) is 0 Å². The molecule has 1 aromatic carbocycles. The number of hydrazine groups is 1. The minimum atomic E-state index is -0.141. The number of hydrogen-bond acceptors (Lipinski definition) is 4. The molecule has 0 saturated carbocycles. The summed E-state index contributed by atoms with van der Waals surface area (Å²) in [6, 6.07) is 8.07. The fourth-order valence-corrected chi connectivity index (χ4v) is 2.43. The monoisotopic (exact) mass is 271 g/mol. The van der Waals surface area contributed by atoms with Gasteiger partial charge in [-0.1, -0.05) is 18.2 Å². The van der Waals surface area contributed by atoms with Crippen molar-refractivity contribution in [3.05, 3.63) is 58.3 Å². The molecule has 0 bridgehead atoms. The number of nitrogens with zero attached hydrogens (tertiary/aromatic N) is 1. The fourth-order valence-electron chi connectivity index (χ4n) is 2.43. The largest absolute Gasteiger partial charge is 0.481 e. The maximum atomic E-state index is 5.78. The SMILES string of the molecule is COc1ncccc1C(NN)c1cc(C)c(C)cc1C. The number of nitrogens with two attached hydrogens (primary N) is 1. The highest BCUT2D eigenvalue weighted by Gasteiger charge is 2.19. The zero-order valence-electron chi connectivity index (χ0n) is 12.4. The number of methoxy groups -OCH3 is 1. The van der Waals surface area contributed by atoms with Crippen molar-refractivity contribution in [2.24, 2.45) is 5.84 Å². The fraction of sp³-hybridized carbons (Fsp3) is 0.312. The van der Waals surface area contributed by atoms with Crippen molar-refractivity contribution in [3.63, 3.8) is 0 Å². The van der Waals surface area contributed by atoms with Crippen molar-refractivity contribution < 1.29 is 4.74 Å². The summed E-state index contributed by atoms with van der Waals surface area (Å²) in [6.07, 6.45) is 1.71. The second-order valence-corrected chi connectivity index (χ2v) is 4.99. The Labute approximate surface area is 120 Å². The Hall–Kier alpha value is -1.91. The third-order valence-corrected chi connectivity index (χ3v) is 3.66. The van der Waals surface area contributed by atoms with Gasteiger partial charge >= 0.3 is 0 Å². The summed E-state index contributed by atoms with van der Waals surface area (Å²) < 4.78 is 5.34. The lowest BCUT2D eigenvalue weighted by atomic mass is 9.92. The van der Waals surface area contributed by atoms with E-state index in [1.807, 2.05) is 12.1 Å². The van der Waals surface area contributed by atoms with Gasteiger partial charge in [-0.05, 0) is 49.1 Å². The summed E-state index contributed by atoms with van der Waals surface area (Å²) in [5.74, 6) is 6.37. The van der Waals surface area contributed by atoms with Gasteiger partial charge in [0.1, 0.15) is 0 Å². The van der Waals surface area contributed by atoms with Crippen LogP contribution in [0.1, 0.15) is 33.9 Å². The lowest BCUT2D eigenvalue weighted by Gasteiger charge is -2.21. The predicted octanol–water partition coefficient (Wildman–Crippen LogP) is 2.57. The zero-order chi connectivity index (χ0) is 14.7. The summed E-state index contributed by atoms with van der Waals surface area (Å²) in [5.41, 5.74) is 8.67. The number of nitrogens with one attached hydrogen (secondary N) is 1. The standard InChI is InChI=1S/C16H21N3O/c1-10-8-12(3)14(9-11(10)2)15(19-17)13-6-5-7-18-16(13)20-4/h5-9,15,19H,17H2,1-4H3. The van der Waals surface area contributed by atoms with Crippen LogP contribution in [0.5, 0.6) is 5.88 Å². The molecule has 0 fully saturated rings. The van der Waals surface area contributed by atoms with Crippen LogP contribution in [0, 0.1) is 20.8 Å². The molecule has 0 spiro atoms. The number of aryl methyl sites for hydroxylation is 3. The van der Waals surface area contributed by atoms with E-state index in [4.69, 9.17) is 10.6 Å². The van der Waals surface area contributed by atoms with E-state index < -0.39 is 0 Å². The van der Waals surface area contributed by atoms with E-state index in [1.54, 1.807) is 13.3 Å². The molecule has 0 saturated heterocycles. The molecule has 106 valence electrons. The molecule has 0 amide bonds. The molecule has 0 aliphatic rings. The van der Waals surface area contributed by atoms with Crippen molar-refractivity contribution in [1.29, 1.82) is 0 Å². The molecule has 1 aromatic heterocycles. The molecule has 0 aliphatic heterocycles. The number of ether oxygens (including phenoxy) is 1. The van der Waals surface area contributed by atoms with Crippen LogP contribution in [0.2, 0.25) is 0 Å². The normalized spacial score (nSPS) is 12.2. The highest BCUT2D eigenvalue weighted by Crippen LogP contribution is 2.30. The lowest BCUT2D eigenvalue weighted by Crippen LogP contribution is -2.30. The molecular weight excluding hydrogens is 250 g/mol. The number of benzene rings is 1. The summed E-state index contributed by atoms with van der Waals surface area (Å²) in [4.78, 5) is 4.24. The molecule has 4 nitrogen and oxygen atoms in total. The highest BCUT2D eigenvalue weighted by atomic mass is 16.5. The third kappa shape index (κ3) is 2.66. The topological polar surface area (TPSA) is 60.2 Å². The van der Waals surface area contributed by atoms with Crippen LogP contribution in [0.3, 0.4) is 0 Å². The third-order valence-electron chi connectivity index (χ3n) is 3.66. The molecule has 1 heterocycles. The number of aromatic nitrogens is 1. The van der Waals surface area contributed by atoms with Crippen molar-refractivity contribution in [2.75, 3.05) is 7.11 Å². The van der Waals surface area contributed by atoms with E-state index in [2.05, 4.69) is 43.3 Å². The first-order valence-electron chi connectivity index (χ1n) is 6.61. The molecule has 1 unspecified atom stereocenters. The van der Waals surface area contributed by atoms with E-state index in [9.17, 15) is 0 Å². The first kappa shape index (κ1) is 14.5. The van der Waals surface area contributed by atoms with Crippen molar-refractivity contribution in [3.8, 4) is 5.88 Å². The quantitative estimate of drug-likeness (QED) is 0.663. The Kier molecular flexibility index (Phi) is 4.37. The predicted molar refractivity (Wildman–Crippen MR) is 80.6 cm³/mol. The van der Waals surface area contributed by atoms with Crippen LogP contribution in [-0.4, -0.2) is 12.1 Å². The minimum Gasteiger partial charge on any atom is -0.481 e. The summed E-state index contributed by atoms with van der Waals surface area (Å²) in [7, 11) is 1.62. The molecule has 2 rings (SSSR count). The summed E-state index contributed by atoms with van der Waals surface area (Å²) in [6.45, 7) is 6.31. The first-order chi connectivity index (χ1) is 9.58. The van der Waals surface area contributed by atoms with Crippen molar-refractivity contribution >= 4 is 0 Å². The number of pyridine rings is 1. The summed E-state index contributed by atoms with van der Waals surface area (Å²) >= 11 is 0. The first-order valence-corrected chi connectivity index (χ1v) is 6.61. The van der Waals surface area contributed by atoms with E-state index in [1.165, 1.54) is 16.7 Å². The van der Waals surface area contributed by atoms with Crippen LogP contribution in [0.15, 0.2) is 30.5 Å². The maximum Gasteiger partial charge on any atom is 0.218 e. The van der Waals surface area contributed by atoms with E-state index in [-0.39, 0.29) is 6.04 Å². The van der Waals surface area contributed by atoms with Crippen molar-refractivity contribution in [1.82, 2.24) is 10.4 Å². The Bertz CT molecular complexity index is 611. The van der Waals surface area contributed by atoms with Gasteiger partial charge in [0, 0.05) is 11.8 Å². The zero-order valence-corrected chi connectivity index (χ0v) is 12.4. The Morgan fingerprint density at radius 1 is 1.10 bits per heavy atom. The Morgan fingerprint density at radius 2 is 1.80 bits per heavy atom. The molecule has 20 heavy (non-hydrogen) atoms. The van der Waals surface area contributed by atoms with Crippen LogP contribution in [0.25, 0.3) is 0 Å². The summed E-state index contributed by atoms with van der Waals surface area (Å²) in [5, 5.41) is 0. The van der Waals surface area contributed by atoms with Gasteiger partial charge in [-0.3, -0.25) is 5.84 Å². The molecule has 4 heteroatoms. The van der Waals surface area contributed by atoms with Crippen LogP contribution < -0.4 is 16.0 Å². The van der Waals surface area contributed by atoms with Gasteiger partial charge in [-0.2, -0.15) is 0 Å². The molecular formula is C16H21N3O. The molecule has 0 radical (unpaired) electrons. The van der Waals surface area contributed by atoms with E-state index in [0.29, 0.717) is 5.88 Å². The van der Waals surface area contributed by atoms with Gasteiger partial charge in [-0.25, -0.2) is 10.4 Å². The molecule has 3 N–H and O–H groups in total. The average molecular weight is 271 g/mol. The van der Waals surface area contributed by atoms with Gasteiger partial charge in [-0.15, -0.1) is 0 Å². The smallest absolute Gasteiger partial charge is 0.218 e. The molecule has 0 aliphatic carbocycles. The Morgan fingerprint density at radius 3 is 2.45 bits per heavy atom. The van der Waals surface area contributed by atoms with Gasteiger partial charge in [0.05, 0.1) is 13.2 Å². The van der Waals surface area contributed by atoms with Gasteiger partial charge in [0.2, 0.25) is 5.88 Å². The minimum absolute atomic E-state index is 0.141. The molecule has 2 aromatic rings. The van der Waals surface area contributed by atoms with Gasteiger partial charge in [0.15, 0.2) is 0 Å².